The van der Waals surface area contributed by atoms with Gasteiger partial charge in [-0.25, -0.2) is 13.8 Å². The molecular weight excluding hydrogens is 339 g/mol. The van der Waals surface area contributed by atoms with Crippen molar-refractivity contribution in [1.82, 2.24) is 10.3 Å². The van der Waals surface area contributed by atoms with Crippen LogP contribution in [0.25, 0.3) is 0 Å². The first kappa shape index (κ1) is 18.4. The molecule has 1 aliphatic rings. The van der Waals surface area contributed by atoms with Crippen LogP contribution in [0.2, 0.25) is 0 Å². The standard InChI is InChI=1S/C14H15F5N2O3/c15-13(16)6-12(23,7-13)4-10(22)21-5-9-1-2-20-11(3-9)24-8-14(17,18)19/h1-3,23H,4-8H2,(H,21,22). The molecule has 134 valence electrons. The zero-order valence-electron chi connectivity index (χ0n) is 12.4. The normalized spacial score (nSPS) is 18.6. The van der Waals surface area contributed by atoms with Gasteiger partial charge < -0.3 is 15.2 Å². The summed E-state index contributed by atoms with van der Waals surface area (Å²) in [5, 5.41) is 12.1. The van der Waals surface area contributed by atoms with Gasteiger partial charge in [-0.15, -0.1) is 0 Å². The van der Waals surface area contributed by atoms with Gasteiger partial charge in [0.15, 0.2) is 6.61 Å². The molecule has 0 spiro atoms. The van der Waals surface area contributed by atoms with E-state index in [9.17, 15) is 31.9 Å². The summed E-state index contributed by atoms with van der Waals surface area (Å²) in [5.74, 6) is -3.84. The highest BCUT2D eigenvalue weighted by molar-refractivity contribution is 5.77. The van der Waals surface area contributed by atoms with E-state index in [1.807, 2.05) is 0 Å². The molecule has 0 radical (unpaired) electrons. The van der Waals surface area contributed by atoms with Crippen LogP contribution in [-0.2, 0) is 11.3 Å². The maximum Gasteiger partial charge on any atom is 0.422 e. The Labute approximate surface area is 133 Å². The van der Waals surface area contributed by atoms with Crippen molar-refractivity contribution in [2.45, 2.75) is 43.5 Å². The van der Waals surface area contributed by atoms with Crippen LogP contribution in [0.15, 0.2) is 18.3 Å². The number of nitrogens with zero attached hydrogens (tertiary/aromatic N) is 1. The Morgan fingerprint density at radius 1 is 1.38 bits per heavy atom. The molecule has 0 atom stereocenters. The van der Waals surface area contributed by atoms with Crippen molar-refractivity contribution in [2.75, 3.05) is 6.61 Å². The number of halogens is 5. The number of hydrogen-bond donors (Lipinski definition) is 2. The molecule has 10 heteroatoms. The third-order valence-electron chi connectivity index (χ3n) is 3.34. The van der Waals surface area contributed by atoms with Crippen LogP contribution in [0, 0.1) is 0 Å². The predicted octanol–water partition coefficient (Wildman–Crippen LogP) is 2.19. The summed E-state index contributed by atoms with van der Waals surface area (Å²) in [5.41, 5.74) is -1.30. The Bertz CT molecular complexity index is 598. The van der Waals surface area contributed by atoms with Crippen molar-refractivity contribution < 1.29 is 36.6 Å². The summed E-state index contributed by atoms with van der Waals surface area (Å²) in [7, 11) is 0. The minimum atomic E-state index is -4.49. The molecule has 24 heavy (non-hydrogen) atoms. The molecule has 1 fully saturated rings. The second-order valence-electron chi connectivity index (χ2n) is 5.79. The van der Waals surface area contributed by atoms with E-state index < -0.39 is 49.5 Å². The molecular formula is C14H15F5N2O3. The molecule has 0 unspecified atom stereocenters. The molecule has 1 aromatic heterocycles. The lowest BCUT2D eigenvalue weighted by atomic mass is 9.74. The van der Waals surface area contributed by atoms with Crippen molar-refractivity contribution in [3.05, 3.63) is 23.9 Å². The Morgan fingerprint density at radius 2 is 2.04 bits per heavy atom. The fraction of sp³-hybridized carbons (Fsp3) is 0.571. The number of carbonyl (C=O) groups is 1. The van der Waals surface area contributed by atoms with E-state index in [-0.39, 0.29) is 12.4 Å². The van der Waals surface area contributed by atoms with Gasteiger partial charge >= 0.3 is 6.18 Å². The maximum atomic E-state index is 12.7. The molecule has 0 aromatic carbocycles. The van der Waals surface area contributed by atoms with Crippen LogP contribution in [-0.4, -0.2) is 40.3 Å². The van der Waals surface area contributed by atoms with Gasteiger partial charge in [0.25, 0.3) is 5.92 Å². The average molecular weight is 354 g/mol. The second-order valence-corrected chi connectivity index (χ2v) is 5.79. The molecule has 2 N–H and O–H groups in total. The van der Waals surface area contributed by atoms with E-state index >= 15 is 0 Å². The van der Waals surface area contributed by atoms with Gasteiger partial charge in [-0.3, -0.25) is 4.79 Å². The lowest BCUT2D eigenvalue weighted by Crippen LogP contribution is -2.53. The van der Waals surface area contributed by atoms with E-state index in [0.717, 1.165) is 0 Å². The molecule has 1 heterocycles. The SMILES string of the molecule is O=C(CC1(O)CC(F)(F)C1)NCc1ccnc(OCC(F)(F)F)c1. The lowest BCUT2D eigenvalue weighted by molar-refractivity contribution is -0.206. The quantitative estimate of drug-likeness (QED) is 0.769. The van der Waals surface area contributed by atoms with E-state index in [4.69, 9.17) is 0 Å². The summed E-state index contributed by atoms with van der Waals surface area (Å²) >= 11 is 0. The summed E-state index contributed by atoms with van der Waals surface area (Å²) in [6, 6.07) is 2.67. The number of alkyl halides is 5. The van der Waals surface area contributed by atoms with Crippen LogP contribution >= 0.6 is 0 Å². The van der Waals surface area contributed by atoms with E-state index in [2.05, 4.69) is 15.0 Å². The van der Waals surface area contributed by atoms with Gasteiger partial charge in [-0.2, -0.15) is 13.2 Å². The second kappa shape index (κ2) is 6.50. The highest BCUT2D eigenvalue weighted by Crippen LogP contribution is 2.47. The number of rotatable bonds is 6. The van der Waals surface area contributed by atoms with Crippen molar-refractivity contribution in [2.24, 2.45) is 0 Å². The predicted molar refractivity (Wildman–Crippen MR) is 71.4 cm³/mol. The zero-order valence-corrected chi connectivity index (χ0v) is 12.4. The smallest absolute Gasteiger partial charge is 0.422 e. The lowest BCUT2D eigenvalue weighted by Gasteiger charge is -2.42. The third-order valence-corrected chi connectivity index (χ3v) is 3.34. The highest BCUT2D eigenvalue weighted by Gasteiger charge is 2.56. The summed E-state index contributed by atoms with van der Waals surface area (Å²) < 4.78 is 66.1. The van der Waals surface area contributed by atoms with Gasteiger partial charge in [0.2, 0.25) is 11.8 Å². The Balaban J connectivity index is 1.80. The molecule has 0 aliphatic heterocycles. The highest BCUT2D eigenvalue weighted by atomic mass is 19.4. The van der Waals surface area contributed by atoms with E-state index in [1.54, 1.807) is 0 Å². The number of amides is 1. The van der Waals surface area contributed by atoms with Gasteiger partial charge in [-0.1, -0.05) is 0 Å². The van der Waals surface area contributed by atoms with Gasteiger partial charge in [0, 0.05) is 31.6 Å². The average Bonchev–Trinajstić information content (AvgIpc) is 2.40. The first-order valence-electron chi connectivity index (χ1n) is 6.98. The number of nitrogens with one attached hydrogen (secondary N) is 1. The summed E-state index contributed by atoms with van der Waals surface area (Å²) in [4.78, 5) is 15.3. The fourth-order valence-electron chi connectivity index (χ4n) is 2.39. The van der Waals surface area contributed by atoms with Crippen molar-refractivity contribution in [3.63, 3.8) is 0 Å². The summed E-state index contributed by atoms with van der Waals surface area (Å²) in [6.07, 6.45) is -5.28. The topological polar surface area (TPSA) is 71.5 Å². The molecule has 1 saturated carbocycles. The minimum Gasteiger partial charge on any atom is -0.468 e. The molecule has 1 aliphatic carbocycles. The first-order chi connectivity index (χ1) is 11.0. The van der Waals surface area contributed by atoms with Crippen LogP contribution in [0.1, 0.15) is 24.8 Å². The Morgan fingerprint density at radius 3 is 2.62 bits per heavy atom. The summed E-state index contributed by atoms with van der Waals surface area (Å²) in [6.45, 7) is -1.55. The van der Waals surface area contributed by atoms with Gasteiger partial charge in [0.1, 0.15) is 0 Å². The van der Waals surface area contributed by atoms with E-state index in [0.29, 0.717) is 5.56 Å². The van der Waals surface area contributed by atoms with Gasteiger partial charge in [0.05, 0.1) is 12.0 Å². The molecule has 0 bridgehead atoms. The van der Waals surface area contributed by atoms with Crippen molar-refractivity contribution in [1.29, 1.82) is 0 Å². The first-order valence-corrected chi connectivity index (χ1v) is 6.98. The molecule has 5 nitrogen and oxygen atoms in total. The van der Waals surface area contributed by atoms with E-state index in [1.165, 1.54) is 18.3 Å². The molecule has 0 saturated heterocycles. The monoisotopic (exact) mass is 354 g/mol. The number of carbonyl (C=O) groups excluding carboxylic acids is 1. The fourth-order valence-corrected chi connectivity index (χ4v) is 2.39. The Hall–Kier alpha value is -1.97. The van der Waals surface area contributed by atoms with Crippen LogP contribution < -0.4 is 10.1 Å². The van der Waals surface area contributed by atoms with Crippen LogP contribution in [0.5, 0.6) is 5.88 Å². The number of hydrogen-bond acceptors (Lipinski definition) is 4. The largest absolute Gasteiger partial charge is 0.468 e. The van der Waals surface area contributed by atoms with Crippen LogP contribution in [0.4, 0.5) is 22.0 Å². The zero-order chi connectivity index (χ0) is 18.0. The molecule has 1 aromatic rings. The molecule has 1 amide bonds. The van der Waals surface area contributed by atoms with Crippen molar-refractivity contribution >= 4 is 5.91 Å². The van der Waals surface area contributed by atoms with Crippen molar-refractivity contribution in [3.8, 4) is 5.88 Å². The third kappa shape index (κ3) is 5.59. The Kier molecular flexibility index (Phi) is 4.97. The number of aliphatic hydroxyl groups is 1. The minimum absolute atomic E-state index is 0.0593. The maximum absolute atomic E-state index is 12.7. The number of pyridine rings is 1. The number of aromatic nitrogens is 1. The molecule has 2 rings (SSSR count). The number of ether oxygens (including phenoxy) is 1. The van der Waals surface area contributed by atoms with Gasteiger partial charge in [-0.05, 0) is 11.6 Å². The van der Waals surface area contributed by atoms with Crippen LogP contribution in [0.3, 0.4) is 0 Å².